The maximum atomic E-state index is 13.5. The smallest absolute Gasteiger partial charge is 0.322 e. The van der Waals surface area contributed by atoms with Crippen molar-refractivity contribution in [3.63, 3.8) is 0 Å². The normalized spacial score (nSPS) is 10.6. The molecule has 0 aliphatic heterocycles. The van der Waals surface area contributed by atoms with Crippen molar-refractivity contribution in [2.75, 3.05) is 32.6 Å². The van der Waals surface area contributed by atoms with Crippen LogP contribution in [0, 0.1) is 0 Å². The van der Waals surface area contributed by atoms with E-state index in [2.05, 4.69) is 5.32 Å². The van der Waals surface area contributed by atoms with Crippen molar-refractivity contribution >= 4 is 17.6 Å². The van der Waals surface area contributed by atoms with Gasteiger partial charge in [-0.15, -0.1) is 0 Å². The fraction of sp³-hybridized carbons (Fsp3) is 0.385. The lowest BCUT2D eigenvalue weighted by Gasteiger charge is -2.28. The van der Waals surface area contributed by atoms with Gasteiger partial charge in [0.25, 0.3) is 0 Å². The SMILES string of the molecule is CCCCN(CC(=O)N(Cc1ccco1)Cc1cccn1C)C(=O)Nc1ccc(OC)cc1OC. The molecule has 0 bridgehead atoms. The van der Waals surface area contributed by atoms with E-state index in [4.69, 9.17) is 13.9 Å². The van der Waals surface area contributed by atoms with Crippen molar-refractivity contribution in [2.45, 2.75) is 32.9 Å². The number of aryl methyl sites for hydroxylation is 1. The Morgan fingerprint density at radius 2 is 1.89 bits per heavy atom. The van der Waals surface area contributed by atoms with Gasteiger partial charge in [0.05, 0.1) is 39.3 Å². The average molecular weight is 483 g/mol. The largest absolute Gasteiger partial charge is 0.497 e. The molecule has 0 saturated carbocycles. The second-order valence-corrected chi connectivity index (χ2v) is 8.21. The monoisotopic (exact) mass is 482 g/mol. The zero-order chi connectivity index (χ0) is 25.2. The molecular weight excluding hydrogens is 448 g/mol. The molecule has 0 saturated heterocycles. The van der Waals surface area contributed by atoms with E-state index in [0.29, 0.717) is 42.6 Å². The third kappa shape index (κ3) is 7.05. The van der Waals surface area contributed by atoms with E-state index in [-0.39, 0.29) is 18.5 Å². The molecule has 188 valence electrons. The third-order valence-corrected chi connectivity index (χ3v) is 5.73. The number of ether oxygens (including phenoxy) is 2. The van der Waals surface area contributed by atoms with Crippen LogP contribution in [0.1, 0.15) is 31.2 Å². The van der Waals surface area contributed by atoms with Crippen molar-refractivity contribution in [1.82, 2.24) is 14.4 Å². The Morgan fingerprint density at radius 1 is 1.06 bits per heavy atom. The molecule has 1 N–H and O–H groups in total. The number of rotatable bonds is 12. The van der Waals surface area contributed by atoms with Gasteiger partial charge in [-0.1, -0.05) is 13.3 Å². The minimum atomic E-state index is -0.368. The van der Waals surface area contributed by atoms with Crippen molar-refractivity contribution < 1.29 is 23.5 Å². The van der Waals surface area contributed by atoms with Crippen LogP contribution in [0.4, 0.5) is 10.5 Å². The maximum absolute atomic E-state index is 13.5. The van der Waals surface area contributed by atoms with Gasteiger partial charge in [0.1, 0.15) is 23.8 Å². The van der Waals surface area contributed by atoms with Crippen LogP contribution < -0.4 is 14.8 Å². The summed E-state index contributed by atoms with van der Waals surface area (Å²) in [6, 6.07) is 12.3. The number of anilines is 1. The summed E-state index contributed by atoms with van der Waals surface area (Å²) < 4.78 is 18.1. The molecular formula is C26H34N4O5. The molecule has 0 unspecified atom stereocenters. The van der Waals surface area contributed by atoms with E-state index >= 15 is 0 Å². The van der Waals surface area contributed by atoms with Crippen molar-refractivity contribution in [3.8, 4) is 11.5 Å². The summed E-state index contributed by atoms with van der Waals surface area (Å²) >= 11 is 0. The van der Waals surface area contributed by atoms with Crippen LogP contribution in [-0.4, -0.2) is 53.6 Å². The van der Waals surface area contributed by atoms with Gasteiger partial charge >= 0.3 is 6.03 Å². The molecule has 0 radical (unpaired) electrons. The molecule has 2 aromatic heterocycles. The van der Waals surface area contributed by atoms with Gasteiger partial charge < -0.3 is 33.6 Å². The highest BCUT2D eigenvalue weighted by Gasteiger charge is 2.23. The molecule has 3 rings (SSSR count). The lowest BCUT2D eigenvalue weighted by Crippen LogP contribution is -2.44. The Labute approximate surface area is 206 Å². The first-order valence-corrected chi connectivity index (χ1v) is 11.6. The first-order valence-electron chi connectivity index (χ1n) is 11.6. The summed E-state index contributed by atoms with van der Waals surface area (Å²) in [5.41, 5.74) is 1.49. The summed E-state index contributed by atoms with van der Waals surface area (Å²) in [5.74, 6) is 1.60. The lowest BCUT2D eigenvalue weighted by atomic mass is 10.2. The fourth-order valence-corrected chi connectivity index (χ4v) is 3.64. The standard InChI is InChI=1S/C26H34N4O5/c1-5-6-14-29(26(32)27-23-12-11-21(33-3)16-24(23)34-4)19-25(31)30(18-22-10-8-15-35-22)17-20-9-7-13-28(20)2/h7-13,15-16H,5-6,14,17-19H2,1-4H3,(H,27,32). The zero-order valence-corrected chi connectivity index (χ0v) is 20.8. The number of carbonyl (C=O) groups is 2. The highest BCUT2D eigenvalue weighted by Crippen LogP contribution is 2.29. The van der Waals surface area contributed by atoms with Gasteiger partial charge in [-0.2, -0.15) is 0 Å². The minimum Gasteiger partial charge on any atom is -0.497 e. The minimum absolute atomic E-state index is 0.0601. The van der Waals surface area contributed by atoms with Gasteiger partial charge in [-0.3, -0.25) is 4.79 Å². The number of benzene rings is 1. The van der Waals surface area contributed by atoms with E-state index in [1.165, 1.54) is 12.0 Å². The van der Waals surface area contributed by atoms with Crippen molar-refractivity contribution in [2.24, 2.45) is 7.05 Å². The number of aromatic nitrogens is 1. The molecule has 3 aromatic rings. The molecule has 0 aliphatic rings. The molecule has 0 spiro atoms. The van der Waals surface area contributed by atoms with Gasteiger partial charge in [0.15, 0.2) is 0 Å². The number of nitrogens with zero attached hydrogens (tertiary/aromatic N) is 3. The Morgan fingerprint density at radius 3 is 2.51 bits per heavy atom. The number of hydrogen-bond acceptors (Lipinski definition) is 5. The molecule has 0 atom stereocenters. The Hall–Kier alpha value is -3.88. The highest BCUT2D eigenvalue weighted by molar-refractivity contribution is 5.93. The van der Waals surface area contributed by atoms with E-state index < -0.39 is 0 Å². The number of hydrogen-bond donors (Lipinski definition) is 1. The molecule has 9 nitrogen and oxygen atoms in total. The molecule has 2 heterocycles. The van der Waals surface area contributed by atoms with Crippen LogP contribution in [0.25, 0.3) is 0 Å². The zero-order valence-electron chi connectivity index (χ0n) is 20.8. The van der Waals surface area contributed by atoms with E-state index in [0.717, 1.165) is 18.5 Å². The second-order valence-electron chi connectivity index (χ2n) is 8.21. The number of amides is 3. The average Bonchev–Trinajstić information content (AvgIpc) is 3.53. The Balaban J connectivity index is 1.77. The van der Waals surface area contributed by atoms with Gasteiger partial charge in [0, 0.05) is 31.5 Å². The number of carbonyl (C=O) groups excluding carboxylic acids is 2. The first-order chi connectivity index (χ1) is 16.9. The van der Waals surface area contributed by atoms with E-state index in [1.807, 2.05) is 42.9 Å². The maximum Gasteiger partial charge on any atom is 0.322 e. The van der Waals surface area contributed by atoms with Gasteiger partial charge in [-0.25, -0.2) is 4.79 Å². The predicted molar refractivity (Wildman–Crippen MR) is 133 cm³/mol. The number of urea groups is 1. The number of nitrogens with one attached hydrogen (secondary N) is 1. The highest BCUT2D eigenvalue weighted by atomic mass is 16.5. The van der Waals surface area contributed by atoms with Crippen molar-refractivity contribution in [3.05, 3.63) is 66.4 Å². The molecule has 35 heavy (non-hydrogen) atoms. The van der Waals surface area contributed by atoms with Crippen LogP contribution in [0.3, 0.4) is 0 Å². The van der Waals surface area contributed by atoms with Gasteiger partial charge in [0.2, 0.25) is 5.91 Å². The third-order valence-electron chi connectivity index (χ3n) is 5.73. The number of furan rings is 1. The van der Waals surface area contributed by atoms with Crippen LogP contribution in [0.15, 0.2) is 59.3 Å². The summed E-state index contributed by atoms with van der Waals surface area (Å²) in [5, 5.41) is 2.88. The number of methoxy groups -OCH3 is 2. The Bertz CT molecular complexity index is 1090. The Kier molecular flexibility index (Phi) is 9.23. The van der Waals surface area contributed by atoms with Gasteiger partial charge in [-0.05, 0) is 42.8 Å². The first kappa shape index (κ1) is 25.7. The van der Waals surface area contributed by atoms with E-state index in [9.17, 15) is 9.59 Å². The van der Waals surface area contributed by atoms with Crippen LogP contribution >= 0.6 is 0 Å². The molecule has 9 heteroatoms. The van der Waals surface area contributed by atoms with Crippen molar-refractivity contribution in [1.29, 1.82) is 0 Å². The number of unbranched alkanes of at least 4 members (excludes halogenated alkanes) is 1. The molecule has 3 amide bonds. The van der Waals surface area contributed by atoms with Crippen LogP contribution in [-0.2, 0) is 24.9 Å². The summed E-state index contributed by atoms with van der Waals surface area (Å²) in [4.78, 5) is 29.9. The topological polar surface area (TPSA) is 89.2 Å². The van der Waals surface area contributed by atoms with E-state index in [1.54, 1.807) is 42.5 Å². The fourth-order valence-electron chi connectivity index (χ4n) is 3.64. The molecule has 1 aromatic carbocycles. The molecule has 0 fully saturated rings. The second kappa shape index (κ2) is 12.5. The lowest BCUT2D eigenvalue weighted by molar-refractivity contribution is -0.133. The summed E-state index contributed by atoms with van der Waals surface area (Å²) in [6.45, 7) is 3.15. The van der Waals surface area contributed by atoms with Crippen LogP contribution in [0.2, 0.25) is 0 Å². The van der Waals surface area contributed by atoms with Crippen LogP contribution in [0.5, 0.6) is 11.5 Å². The summed E-state index contributed by atoms with van der Waals surface area (Å²) in [7, 11) is 5.03. The quantitative estimate of drug-likeness (QED) is 0.411. The molecule has 0 aliphatic carbocycles. The predicted octanol–water partition coefficient (Wildman–Crippen LogP) is 4.50. The summed E-state index contributed by atoms with van der Waals surface area (Å²) in [6.07, 6.45) is 5.19.